The molecule has 0 bridgehead atoms. The summed E-state index contributed by atoms with van der Waals surface area (Å²) in [6, 6.07) is 4.39. The van der Waals surface area contributed by atoms with Gasteiger partial charge in [0.05, 0.1) is 5.56 Å². The number of nitrogens with zero attached hydrogens (tertiary/aromatic N) is 3. The topological polar surface area (TPSA) is 50.3 Å². The van der Waals surface area contributed by atoms with Crippen LogP contribution in [0, 0.1) is 6.92 Å². The summed E-state index contributed by atoms with van der Waals surface area (Å²) in [5.74, 6) is 0.231. The SMILES string of the molecule is Cc1nnc(N2CCC(NCc3ccc(OC(C)(C)C)cc3C(F)(F)F)CC2)s1. The zero-order chi connectivity index (χ0) is 21.2. The minimum atomic E-state index is -4.42. The molecule has 0 aliphatic carbocycles. The molecule has 1 aromatic heterocycles. The van der Waals surface area contributed by atoms with Gasteiger partial charge in [-0.05, 0) is 58.2 Å². The van der Waals surface area contributed by atoms with Crippen LogP contribution in [0.5, 0.6) is 5.75 Å². The molecular weight excluding hydrogens is 401 g/mol. The zero-order valence-corrected chi connectivity index (χ0v) is 18.0. The molecule has 3 rings (SSSR count). The minimum absolute atomic E-state index is 0.173. The quantitative estimate of drug-likeness (QED) is 0.741. The van der Waals surface area contributed by atoms with Crippen LogP contribution in [0.15, 0.2) is 18.2 Å². The molecule has 0 amide bonds. The van der Waals surface area contributed by atoms with Crippen LogP contribution >= 0.6 is 11.3 Å². The van der Waals surface area contributed by atoms with Crippen molar-refractivity contribution in [1.29, 1.82) is 0 Å². The van der Waals surface area contributed by atoms with Gasteiger partial charge in [-0.2, -0.15) is 13.2 Å². The Morgan fingerprint density at radius 1 is 1.17 bits per heavy atom. The standard InChI is InChI=1S/C20H27F3N4OS/c1-13-25-26-18(29-13)27-9-7-15(8-10-27)24-12-14-5-6-16(28-19(2,3)4)11-17(14)20(21,22)23/h5-6,11,15,24H,7-10,12H2,1-4H3. The van der Waals surface area contributed by atoms with E-state index in [-0.39, 0.29) is 23.9 Å². The highest BCUT2D eigenvalue weighted by Crippen LogP contribution is 2.35. The van der Waals surface area contributed by atoms with Crippen LogP contribution in [0.25, 0.3) is 0 Å². The van der Waals surface area contributed by atoms with Crippen molar-refractivity contribution in [1.82, 2.24) is 15.5 Å². The van der Waals surface area contributed by atoms with Crippen LogP contribution in [0.2, 0.25) is 0 Å². The Balaban J connectivity index is 1.61. The Bertz CT molecular complexity index is 824. The number of hydrogen-bond acceptors (Lipinski definition) is 6. The van der Waals surface area contributed by atoms with E-state index in [9.17, 15) is 13.2 Å². The third-order valence-electron chi connectivity index (χ3n) is 4.67. The van der Waals surface area contributed by atoms with Gasteiger partial charge < -0.3 is 15.0 Å². The Hall–Kier alpha value is -1.87. The van der Waals surface area contributed by atoms with Gasteiger partial charge in [-0.1, -0.05) is 17.4 Å². The predicted molar refractivity (Wildman–Crippen MR) is 109 cm³/mol. The second-order valence-electron chi connectivity index (χ2n) is 8.28. The number of alkyl halides is 3. The van der Waals surface area contributed by atoms with Crippen LogP contribution in [-0.4, -0.2) is 34.9 Å². The van der Waals surface area contributed by atoms with Crippen LogP contribution in [0.4, 0.5) is 18.3 Å². The van der Waals surface area contributed by atoms with Gasteiger partial charge in [0.25, 0.3) is 0 Å². The molecule has 160 valence electrons. The van der Waals surface area contributed by atoms with Crippen molar-refractivity contribution in [3.63, 3.8) is 0 Å². The summed E-state index contributed by atoms with van der Waals surface area (Å²) in [7, 11) is 0. The van der Waals surface area contributed by atoms with Gasteiger partial charge in [0.2, 0.25) is 5.13 Å². The lowest BCUT2D eigenvalue weighted by Crippen LogP contribution is -2.42. The molecule has 29 heavy (non-hydrogen) atoms. The number of aryl methyl sites for hydroxylation is 1. The number of halogens is 3. The van der Waals surface area contributed by atoms with Crippen molar-refractivity contribution < 1.29 is 17.9 Å². The molecule has 0 radical (unpaired) electrons. The van der Waals surface area contributed by atoms with E-state index in [2.05, 4.69) is 20.4 Å². The molecule has 2 heterocycles. The Morgan fingerprint density at radius 3 is 2.41 bits per heavy atom. The highest BCUT2D eigenvalue weighted by atomic mass is 32.1. The van der Waals surface area contributed by atoms with E-state index in [0.717, 1.165) is 42.1 Å². The molecule has 1 fully saturated rings. The fourth-order valence-electron chi connectivity index (χ4n) is 3.33. The fraction of sp³-hybridized carbons (Fsp3) is 0.600. The van der Waals surface area contributed by atoms with Gasteiger partial charge in [-0.25, -0.2) is 0 Å². The summed E-state index contributed by atoms with van der Waals surface area (Å²) in [4.78, 5) is 2.18. The Kier molecular flexibility index (Phi) is 6.38. The van der Waals surface area contributed by atoms with Gasteiger partial charge in [0.1, 0.15) is 16.4 Å². The maximum atomic E-state index is 13.6. The van der Waals surface area contributed by atoms with E-state index in [4.69, 9.17) is 4.74 Å². The molecule has 5 nitrogen and oxygen atoms in total. The average molecular weight is 429 g/mol. The first-order chi connectivity index (χ1) is 13.5. The largest absolute Gasteiger partial charge is 0.488 e. The summed E-state index contributed by atoms with van der Waals surface area (Å²) < 4.78 is 46.3. The zero-order valence-electron chi connectivity index (χ0n) is 17.1. The van der Waals surface area contributed by atoms with Gasteiger partial charge in [0, 0.05) is 25.7 Å². The van der Waals surface area contributed by atoms with E-state index < -0.39 is 17.3 Å². The van der Waals surface area contributed by atoms with Crippen molar-refractivity contribution in [2.24, 2.45) is 0 Å². The highest BCUT2D eigenvalue weighted by molar-refractivity contribution is 7.15. The molecule has 0 unspecified atom stereocenters. The number of nitrogens with one attached hydrogen (secondary N) is 1. The molecule has 9 heteroatoms. The number of aromatic nitrogens is 2. The Labute approximate surface area is 173 Å². The molecule has 0 atom stereocenters. The summed E-state index contributed by atoms with van der Waals surface area (Å²) >= 11 is 1.56. The van der Waals surface area contributed by atoms with Crippen molar-refractivity contribution in [3.05, 3.63) is 34.3 Å². The van der Waals surface area contributed by atoms with Crippen LogP contribution < -0.4 is 15.0 Å². The van der Waals surface area contributed by atoms with Crippen molar-refractivity contribution in [2.45, 2.75) is 64.9 Å². The second kappa shape index (κ2) is 8.47. The highest BCUT2D eigenvalue weighted by Gasteiger charge is 2.34. The second-order valence-corrected chi connectivity index (χ2v) is 9.44. The molecule has 0 spiro atoms. The fourth-order valence-corrected chi connectivity index (χ4v) is 4.07. The smallest absolute Gasteiger partial charge is 0.416 e. The lowest BCUT2D eigenvalue weighted by molar-refractivity contribution is -0.138. The normalized spacial score (nSPS) is 16.3. The number of benzene rings is 1. The van der Waals surface area contributed by atoms with Crippen molar-refractivity contribution in [3.8, 4) is 5.75 Å². The van der Waals surface area contributed by atoms with Crippen LogP contribution in [-0.2, 0) is 12.7 Å². The summed E-state index contributed by atoms with van der Waals surface area (Å²) in [6.45, 7) is 9.16. The van der Waals surface area contributed by atoms with E-state index in [0.29, 0.717) is 0 Å². The van der Waals surface area contributed by atoms with Crippen LogP contribution in [0.3, 0.4) is 0 Å². The van der Waals surface area contributed by atoms with Gasteiger partial charge >= 0.3 is 6.18 Å². The van der Waals surface area contributed by atoms with Gasteiger partial charge in [-0.3, -0.25) is 0 Å². The first kappa shape index (κ1) is 21.8. The Morgan fingerprint density at radius 2 is 1.86 bits per heavy atom. The van der Waals surface area contributed by atoms with E-state index in [1.807, 2.05) is 27.7 Å². The molecule has 1 saturated heterocycles. The number of hydrogen-bond donors (Lipinski definition) is 1. The third kappa shape index (κ3) is 6.05. The molecule has 1 aliphatic rings. The van der Waals surface area contributed by atoms with Crippen molar-refractivity contribution >= 4 is 16.5 Å². The maximum Gasteiger partial charge on any atom is 0.416 e. The average Bonchev–Trinajstić information content (AvgIpc) is 3.05. The number of rotatable bonds is 5. The third-order valence-corrected chi connectivity index (χ3v) is 5.57. The summed E-state index contributed by atoms with van der Waals surface area (Å²) in [5, 5.41) is 13.3. The molecular formula is C20H27F3N4OS. The number of anilines is 1. The van der Waals surface area contributed by atoms with E-state index >= 15 is 0 Å². The minimum Gasteiger partial charge on any atom is -0.488 e. The first-order valence-corrected chi connectivity index (χ1v) is 10.5. The van der Waals surface area contributed by atoms with Crippen molar-refractivity contribution in [2.75, 3.05) is 18.0 Å². The lowest BCUT2D eigenvalue weighted by Gasteiger charge is -2.32. The monoisotopic (exact) mass is 428 g/mol. The summed E-state index contributed by atoms with van der Waals surface area (Å²) in [6.07, 6.45) is -2.72. The number of piperidine rings is 1. The number of ether oxygens (including phenoxy) is 1. The lowest BCUT2D eigenvalue weighted by atomic mass is 10.0. The molecule has 1 aliphatic heterocycles. The molecule has 0 saturated carbocycles. The maximum absolute atomic E-state index is 13.6. The molecule has 1 aromatic carbocycles. The van der Waals surface area contributed by atoms with Gasteiger partial charge in [-0.15, -0.1) is 10.2 Å². The first-order valence-electron chi connectivity index (χ1n) is 9.69. The van der Waals surface area contributed by atoms with E-state index in [1.165, 1.54) is 6.07 Å². The molecule has 1 N–H and O–H groups in total. The van der Waals surface area contributed by atoms with E-state index in [1.54, 1.807) is 17.4 Å². The molecule has 2 aromatic rings. The van der Waals surface area contributed by atoms with Crippen LogP contribution in [0.1, 0.15) is 49.7 Å². The summed E-state index contributed by atoms with van der Waals surface area (Å²) in [5.41, 5.74) is -0.961. The van der Waals surface area contributed by atoms with Gasteiger partial charge in [0.15, 0.2) is 0 Å². The predicted octanol–water partition coefficient (Wildman–Crippen LogP) is 4.80.